The maximum atomic E-state index is 13.7. The summed E-state index contributed by atoms with van der Waals surface area (Å²) in [7, 11) is 4.68. The summed E-state index contributed by atoms with van der Waals surface area (Å²) in [6.45, 7) is 1.15. The molecule has 0 aliphatic rings. The summed E-state index contributed by atoms with van der Waals surface area (Å²) in [6.07, 6.45) is 6.07. The Bertz CT molecular complexity index is 1240. The number of thiazole rings is 1. The van der Waals surface area contributed by atoms with Gasteiger partial charge in [-0.1, -0.05) is 22.9 Å². The number of halogens is 1. The van der Waals surface area contributed by atoms with Crippen LogP contribution < -0.4 is 19.1 Å². The van der Waals surface area contributed by atoms with Gasteiger partial charge in [-0.3, -0.25) is 9.69 Å². The number of hydrogen-bond acceptors (Lipinski definition) is 7. The quantitative estimate of drug-likeness (QED) is 0.334. The lowest BCUT2D eigenvalue weighted by Gasteiger charge is -2.21. The van der Waals surface area contributed by atoms with Crippen molar-refractivity contribution in [3.05, 3.63) is 59.6 Å². The fourth-order valence-electron chi connectivity index (χ4n) is 3.42. The van der Waals surface area contributed by atoms with Gasteiger partial charge in [0.05, 0.1) is 37.4 Å². The van der Waals surface area contributed by atoms with Gasteiger partial charge in [0.1, 0.15) is 22.8 Å². The molecule has 0 N–H and O–H groups in total. The maximum absolute atomic E-state index is 13.7. The Morgan fingerprint density at radius 2 is 1.88 bits per heavy atom. The van der Waals surface area contributed by atoms with Gasteiger partial charge < -0.3 is 18.8 Å². The third-order valence-corrected chi connectivity index (χ3v) is 6.64. The van der Waals surface area contributed by atoms with Crippen LogP contribution in [0, 0.1) is 0 Å². The van der Waals surface area contributed by atoms with Crippen LogP contribution >= 0.6 is 22.9 Å². The zero-order valence-corrected chi connectivity index (χ0v) is 20.0. The number of methoxy groups -OCH3 is 3. The van der Waals surface area contributed by atoms with Gasteiger partial charge in [-0.05, 0) is 30.7 Å². The molecule has 2 aromatic carbocycles. The number of aryl methyl sites for hydroxylation is 1. The van der Waals surface area contributed by atoms with E-state index in [-0.39, 0.29) is 5.91 Å². The highest BCUT2D eigenvalue weighted by Gasteiger charge is 2.24. The van der Waals surface area contributed by atoms with E-state index < -0.39 is 0 Å². The summed E-state index contributed by atoms with van der Waals surface area (Å²) in [5.74, 6) is 1.45. The van der Waals surface area contributed by atoms with Crippen LogP contribution in [0.5, 0.6) is 17.2 Å². The van der Waals surface area contributed by atoms with Gasteiger partial charge >= 0.3 is 0 Å². The van der Waals surface area contributed by atoms with Crippen molar-refractivity contribution < 1.29 is 19.0 Å². The molecule has 0 saturated carbocycles. The van der Waals surface area contributed by atoms with Crippen LogP contribution in [0.15, 0.2) is 49.1 Å². The highest BCUT2D eigenvalue weighted by molar-refractivity contribution is 7.23. The van der Waals surface area contributed by atoms with Crippen molar-refractivity contribution in [2.24, 2.45) is 0 Å². The summed E-state index contributed by atoms with van der Waals surface area (Å²) in [5.41, 5.74) is 1.06. The van der Waals surface area contributed by atoms with Crippen LogP contribution in [-0.2, 0) is 6.54 Å². The second-order valence-corrected chi connectivity index (χ2v) is 8.52. The first-order valence-electron chi connectivity index (χ1n) is 10.2. The average Bonchev–Trinajstić information content (AvgIpc) is 3.52. The molecule has 4 aromatic rings. The first-order valence-corrected chi connectivity index (χ1v) is 11.4. The molecule has 8 nitrogen and oxygen atoms in total. The van der Waals surface area contributed by atoms with E-state index in [4.69, 9.17) is 30.8 Å². The van der Waals surface area contributed by atoms with E-state index in [9.17, 15) is 4.79 Å². The molecule has 0 bridgehead atoms. The zero-order valence-electron chi connectivity index (χ0n) is 18.4. The standard InChI is InChI=1S/C23H23ClN4O4S/c1-30-16-11-15(12-17(13-16)31-2)22(29)28(9-4-8-27-10-7-25-14-27)23-26-20-19(32-3)6-5-18(24)21(20)33-23/h5-7,10-14H,4,8-9H2,1-3H3. The van der Waals surface area contributed by atoms with Crippen molar-refractivity contribution in [2.45, 2.75) is 13.0 Å². The third kappa shape index (κ3) is 4.89. The lowest BCUT2D eigenvalue weighted by atomic mass is 10.1. The van der Waals surface area contributed by atoms with Crippen molar-refractivity contribution in [3.63, 3.8) is 0 Å². The van der Waals surface area contributed by atoms with Crippen molar-refractivity contribution in [2.75, 3.05) is 32.8 Å². The second-order valence-electron chi connectivity index (χ2n) is 7.14. The Hall–Kier alpha value is -3.30. The lowest BCUT2D eigenvalue weighted by Crippen LogP contribution is -2.32. The average molecular weight is 487 g/mol. The molecule has 0 spiro atoms. The van der Waals surface area contributed by atoms with E-state index in [1.807, 2.05) is 10.8 Å². The largest absolute Gasteiger partial charge is 0.497 e. The molecular formula is C23H23ClN4O4S. The Labute approximate surface area is 200 Å². The lowest BCUT2D eigenvalue weighted by molar-refractivity contribution is 0.0985. The number of benzene rings is 2. The fraction of sp³-hybridized carbons (Fsp3) is 0.261. The molecule has 0 aliphatic heterocycles. The number of carbonyl (C=O) groups is 1. The van der Waals surface area contributed by atoms with Crippen molar-refractivity contribution in [1.29, 1.82) is 0 Å². The Kier molecular flexibility index (Phi) is 7.00. The van der Waals surface area contributed by atoms with Gasteiger partial charge in [-0.25, -0.2) is 9.97 Å². The summed E-state index contributed by atoms with van der Waals surface area (Å²) < 4.78 is 18.9. The highest BCUT2D eigenvalue weighted by atomic mass is 35.5. The summed E-state index contributed by atoms with van der Waals surface area (Å²) in [5, 5.41) is 1.09. The molecule has 2 aromatic heterocycles. The molecular weight excluding hydrogens is 464 g/mol. The van der Waals surface area contributed by atoms with E-state index in [0.717, 1.165) is 4.70 Å². The van der Waals surface area contributed by atoms with E-state index in [1.165, 1.54) is 11.3 Å². The molecule has 2 heterocycles. The number of hydrogen-bond donors (Lipinski definition) is 0. The Balaban J connectivity index is 1.72. The maximum Gasteiger partial charge on any atom is 0.260 e. The monoisotopic (exact) mass is 486 g/mol. The number of nitrogens with zero attached hydrogens (tertiary/aromatic N) is 4. The normalized spacial score (nSPS) is 10.9. The predicted molar refractivity (Wildman–Crippen MR) is 129 cm³/mol. The number of imidazole rings is 1. The Morgan fingerprint density at radius 1 is 1.12 bits per heavy atom. The number of fused-ring (bicyclic) bond motifs is 1. The molecule has 10 heteroatoms. The highest BCUT2D eigenvalue weighted by Crippen LogP contribution is 2.39. The van der Waals surface area contributed by atoms with E-state index in [1.54, 1.807) is 69.1 Å². The minimum absolute atomic E-state index is 0.216. The summed E-state index contributed by atoms with van der Waals surface area (Å²) >= 11 is 7.77. The topological polar surface area (TPSA) is 78.7 Å². The molecule has 0 atom stereocenters. The van der Waals surface area contributed by atoms with Crippen LogP contribution in [0.3, 0.4) is 0 Å². The van der Waals surface area contributed by atoms with Crippen LogP contribution in [0.2, 0.25) is 5.02 Å². The predicted octanol–water partition coefficient (Wildman–Crippen LogP) is 4.91. The zero-order chi connectivity index (χ0) is 23.4. The third-order valence-electron chi connectivity index (χ3n) is 5.10. The number of ether oxygens (including phenoxy) is 3. The van der Waals surface area contributed by atoms with Crippen LogP contribution in [0.25, 0.3) is 10.2 Å². The van der Waals surface area contributed by atoms with E-state index >= 15 is 0 Å². The van der Waals surface area contributed by atoms with E-state index in [2.05, 4.69) is 4.98 Å². The fourth-order valence-corrected chi connectivity index (χ4v) is 4.70. The number of amides is 1. The van der Waals surface area contributed by atoms with Crippen molar-refractivity contribution >= 4 is 44.2 Å². The van der Waals surface area contributed by atoms with Crippen LogP contribution in [0.1, 0.15) is 16.8 Å². The number of aromatic nitrogens is 3. The van der Waals surface area contributed by atoms with Gasteiger partial charge in [0.25, 0.3) is 5.91 Å². The van der Waals surface area contributed by atoms with Gasteiger partial charge in [-0.15, -0.1) is 0 Å². The molecule has 0 aliphatic carbocycles. The molecule has 33 heavy (non-hydrogen) atoms. The van der Waals surface area contributed by atoms with E-state index in [0.29, 0.717) is 58.0 Å². The molecule has 4 rings (SSSR count). The SMILES string of the molecule is COc1cc(OC)cc(C(=O)N(CCCn2ccnc2)c2nc3c(OC)ccc(Cl)c3s2)c1. The van der Waals surface area contributed by atoms with Crippen molar-refractivity contribution in [3.8, 4) is 17.2 Å². The van der Waals surface area contributed by atoms with Gasteiger partial charge in [0.15, 0.2) is 5.13 Å². The number of carbonyl (C=O) groups excluding carboxylic acids is 1. The van der Waals surface area contributed by atoms with Crippen LogP contribution in [-0.4, -0.2) is 48.3 Å². The molecule has 0 fully saturated rings. The van der Waals surface area contributed by atoms with Crippen molar-refractivity contribution in [1.82, 2.24) is 14.5 Å². The molecule has 0 unspecified atom stereocenters. The molecule has 0 radical (unpaired) electrons. The van der Waals surface area contributed by atoms with Gasteiger partial charge in [0, 0.05) is 37.1 Å². The number of rotatable bonds is 9. The smallest absolute Gasteiger partial charge is 0.260 e. The van der Waals surface area contributed by atoms with Gasteiger partial charge in [0.2, 0.25) is 0 Å². The first kappa shape index (κ1) is 22.9. The molecule has 0 saturated heterocycles. The minimum atomic E-state index is -0.216. The Morgan fingerprint density at radius 3 is 2.52 bits per heavy atom. The minimum Gasteiger partial charge on any atom is -0.497 e. The molecule has 1 amide bonds. The second kappa shape index (κ2) is 10.1. The first-order chi connectivity index (χ1) is 16.0. The molecule has 172 valence electrons. The number of anilines is 1. The van der Waals surface area contributed by atoms with Gasteiger partial charge in [-0.2, -0.15) is 0 Å². The summed E-state index contributed by atoms with van der Waals surface area (Å²) in [6, 6.07) is 8.64. The summed E-state index contributed by atoms with van der Waals surface area (Å²) in [4.78, 5) is 24.1. The van der Waals surface area contributed by atoms with Crippen LogP contribution in [0.4, 0.5) is 5.13 Å².